The molecule has 1 rings (SSSR count). The second kappa shape index (κ2) is 4.21. The molecule has 1 aliphatic rings. The van der Waals surface area contributed by atoms with Crippen LogP contribution < -0.4 is 0 Å². The average molecular weight is 162 g/mol. The van der Waals surface area contributed by atoms with Crippen molar-refractivity contribution in [1.82, 2.24) is 0 Å². The Morgan fingerprint density at radius 3 is 3.10 bits per heavy atom. The van der Waals surface area contributed by atoms with Crippen LogP contribution in [0.5, 0.6) is 0 Å². The lowest BCUT2D eigenvalue weighted by molar-refractivity contribution is 0.154. The smallest absolute Gasteiger partial charge is 0.110 e. The molecule has 2 unspecified atom stereocenters. The third kappa shape index (κ3) is 2.48. The van der Waals surface area contributed by atoms with Gasteiger partial charge in [0.2, 0.25) is 0 Å². The van der Waals surface area contributed by atoms with Crippen LogP contribution in [-0.4, -0.2) is 29.8 Å². The number of hydrogen-bond donors (Lipinski definition) is 0. The first-order valence-corrected chi connectivity index (χ1v) is 5.15. The van der Waals surface area contributed by atoms with E-state index in [1.165, 1.54) is 6.42 Å². The molecule has 0 spiro atoms. The molecule has 0 amide bonds. The van der Waals surface area contributed by atoms with Crippen molar-refractivity contribution < 1.29 is 9.29 Å². The second-order valence-electron chi connectivity index (χ2n) is 2.77. The third-order valence-electron chi connectivity index (χ3n) is 1.81. The standard InChI is InChI=1S/C7H14O2S/c1-9-5-7-3-2-4-10(8)6-7/h7H,2-6H2,1H3. The van der Waals surface area contributed by atoms with Gasteiger partial charge in [0.25, 0.3) is 0 Å². The van der Waals surface area contributed by atoms with Gasteiger partial charge in [-0.25, -0.2) is 0 Å². The zero-order chi connectivity index (χ0) is 7.40. The highest BCUT2D eigenvalue weighted by Crippen LogP contribution is 2.17. The van der Waals surface area contributed by atoms with Crippen molar-refractivity contribution in [2.75, 3.05) is 25.2 Å². The molecular formula is C7H14O2S. The van der Waals surface area contributed by atoms with E-state index in [2.05, 4.69) is 0 Å². The lowest BCUT2D eigenvalue weighted by Gasteiger charge is -2.23. The van der Waals surface area contributed by atoms with Gasteiger partial charge in [0.05, 0.1) is 6.61 Å². The zero-order valence-electron chi connectivity index (χ0n) is 6.34. The summed E-state index contributed by atoms with van der Waals surface area (Å²) in [6.45, 7) is 0.783. The first-order chi connectivity index (χ1) is 4.83. The quantitative estimate of drug-likeness (QED) is 0.562. The third-order valence-corrected chi connectivity index (χ3v) is 3.40. The molecule has 1 aliphatic heterocycles. The van der Waals surface area contributed by atoms with Gasteiger partial charge in [-0.3, -0.25) is 0 Å². The van der Waals surface area contributed by atoms with E-state index < -0.39 is 11.2 Å². The molecule has 0 aromatic heterocycles. The van der Waals surface area contributed by atoms with Gasteiger partial charge in [-0.05, 0) is 12.8 Å². The van der Waals surface area contributed by atoms with Crippen molar-refractivity contribution in [2.45, 2.75) is 12.8 Å². The molecule has 0 aromatic rings. The predicted octanol–water partition coefficient (Wildman–Crippen LogP) is 0.792. The second-order valence-corrected chi connectivity index (χ2v) is 4.40. The van der Waals surface area contributed by atoms with Crippen LogP contribution in [0.4, 0.5) is 0 Å². The molecule has 1 heterocycles. The maximum atomic E-state index is 11.0. The lowest BCUT2D eigenvalue weighted by atomic mass is 10.1. The minimum atomic E-state index is -0.552. The topological polar surface area (TPSA) is 32.3 Å². The number of rotatable bonds is 2. The molecule has 2 nitrogen and oxygen atoms in total. The summed E-state index contributed by atoms with van der Waals surface area (Å²) in [5, 5.41) is 0. The maximum Gasteiger partial charge on any atom is 0.110 e. The van der Waals surface area contributed by atoms with E-state index in [0.717, 1.165) is 24.5 Å². The zero-order valence-corrected chi connectivity index (χ0v) is 7.15. The van der Waals surface area contributed by atoms with Crippen LogP contribution in [0.3, 0.4) is 0 Å². The van der Waals surface area contributed by atoms with Crippen molar-refractivity contribution in [3.63, 3.8) is 0 Å². The summed E-state index contributed by atoms with van der Waals surface area (Å²) in [4.78, 5) is 0. The summed E-state index contributed by atoms with van der Waals surface area (Å²) < 4.78 is 16.0. The largest absolute Gasteiger partial charge is 0.616 e. The Morgan fingerprint density at radius 2 is 2.50 bits per heavy atom. The maximum absolute atomic E-state index is 11.0. The predicted molar refractivity (Wildman–Crippen MR) is 42.5 cm³/mol. The molecule has 0 saturated carbocycles. The van der Waals surface area contributed by atoms with E-state index in [1.54, 1.807) is 7.11 Å². The van der Waals surface area contributed by atoms with E-state index in [0.29, 0.717) is 5.92 Å². The summed E-state index contributed by atoms with van der Waals surface area (Å²) in [5.41, 5.74) is 0. The van der Waals surface area contributed by atoms with Crippen LogP contribution in [0.2, 0.25) is 0 Å². The minimum absolute atomic E-state index is 0.552. The van der Waals surface area contributed by atoms with Crippen molar-refractivity contribution in [1.29, 1.82) is 0 Å². The Morgan fingerprint density at radius 1 is 1.70 bits per heavy atom. The Bertz CT molecular complexity index is 95.6. The Balaban J connectivity index is 2.18. The van der Waals surface area contributed by atoms with Crippen molar-refractivity contribution >= 4 is 11.2 Å². The summed E-state index contributed by atoms with van der Waals surface area (Å²) in [7, 11) is 1.71. The van der Waals surface area contributed by atoms with Gasteiger partial charge >= 0.3 is 0 Å². The number of hydrogen-bond acceptors (Lipinski definition) is 2. The molecule has 10 heavy (non-hydrogen) atoms. The molecule has 0 aromatic carbocycles. The highest BCUT2D eigenvalue weighted by atomic mass is 32.2. The van der Waals surface area contributed by atoms with Crippen LogP contribution in [0.1, 0.15) is 12.8 Å². The normalized spacial score (nSPS) is 34.2. The van der Waals surface area contributed by atoms with Crippen molar-refractivity contribution in [3.8, 4) is 0 Å². The fourth-order valence-corrected chi connectivity index (χ4v) is 2.77. The highest BCUT2D eigenvalue weighted by Gasteiger charge is 2.22. The Kier molecular flexibility index (Phi) is 3.52. The molecule has 0 radical (unpaired) electrons. The summed E-state index contributed by atoms with van der Waals surface area (Å²) in [6.07, 6.45) is 2.31. The van der Waals surface area contributed by atoms with Crippen LogP contribution in [0.25, 0.3) is 0 Å². The molecule has 2 atom stereocenters. The Labute approximate surface area is 65.1 Å². The van der Waals surface area contributed by atoms with Crippen LogP contribution >= 0.6 is 0 Å². The molecule has 0 bridgehead atoms. The van der Waals surface area contributed by atoms with Gasteiger partial charge in [0.1, 0.15) is 11.5 Å². The fourth-order valence-electron chi connectivity index (χ4n) is 1.33. The SMILES string of the molecule is COCC1CCC[S+]([O-])C1. The number of methoxy groups -OCH3 is 1. The lowest BCUT2D eigenvalue weighted by Crippen LogP contribution is -2.27. The van der Waals surface area contributed by atoms with E-state index in [1.807, 2.05) is 0 Å². The van der Waals surface area contributed by atoms with E-state index in [9.17, 15) is 4.55 Å². The van der Waals surface area contributed by atoms with Gasteiger partial charge in [-0.1, -0.05) is 11.2 Å². The molecule has 3 heteroatoms. The fraction of sp³-hybridized carbons (Fsp3) is 1.00. The van der Waals surface area contributed by atoms with E-state index >= 15 is 0 Å². The molecular weight excluding hydrogens is 148 g/mol. The first kappa shape index (κ1) is 8.37. The molecule has 1 saturated heterocycles. The molecule has 1 fully saturated rings. The van der Waals surface area contributed by atoms with Crippen LogP contribution in [-0.2, 0) is 15.9 Å². The molecule has 60 valence electrons. The minimum Gasteiger partial charge on any atom is -0.616 e. The summed E-state index contributed by atoms with van der Waals surface area (Å²) >= 11 is -0.552. The monoisotopic (exact) mass is 162 g/mol. The van der Waals surface area contributed by atoms with Crippen LogP contribution in [0.15, 0.2) is 0 Å². The van der Waals surface area contributed by atoms with Gasteiger partial charge in [-0.2, -0.15) is 0 Å². The van der Waals surface area contributed by atoms with Crippen molar-refractivity contribution in [3.05, 3.63) is 0 Å². The summed E-state index contributed by atoms with van der Waals surface area (Å²) in [6, 6.07) is 0. The van der Waals surface area contributed by atoms with Gasteiger partial charge < -0.3 is 9.29 Å². The van der Waals surface area contributed by atoms with E-state index in [4.69, 9.17) is 4.74 Å². The van der Waals surface area contributed by atoms with Gasteiger partial charge in [0, 0.05) is 13.0 Å². The van der Waals surface area contributed by atoms with Crippen molar-refractivity contribution in [2.24, 2.45) is 5.92 Å². The highest BCUT2D eigenvalue weighted by molar-refractivity contribution is 7.91. The summed E-state index contributed by atoms with van der Waals surface area (Å²) in [5.74, 6) is 2.31. The van der Waals surface area contributed by atoms with E-state index in [-0.39, 0.29) is 0 Å². The first-order valence-electron chi connectivity index (χ1n) is 3.67. The molecule has 0 N–H and O–H groups in total. The van der Waals surface area contributed by atoms with Gasteiger partial charge in [0.15, 0.2) is 0 Å². The van der Waals surface area contributed by atoms with Crippen LogP contribution in [0, 0.1) is 5.92 Å². The molecule has 0 aliphatic carbocycles. The van der Waals surface area contributed by atoms with Gasteiger partial charge in [-0.15, -0.1) is 0 Å². The Hall–Kier alpha value is 0.270. The number of ether oxygens (including phenoxy) is 1. The average Bonchev–Trinajstić information content (AvgIpc) is 1.88.